The standard InChI is InChI=1S/C7H12O4/c8-7(9)2-1-6-5-10-3-4-11-6/h6H,1-5H2,(H,8,9)/p-1/t6-/m1/s1. The van der Waals surface area contributed by atoms with Crippen molar-refractivity contribution in [3.63, 3.8) is 0 Å². The number of carbonyl (C=O) groups excluding carboxylic acids is 1. The van der Waals surface area contributed by atoms with E-state index >= 15 is 0 Å². The van der Waals surface area contributed by atoms with Crippen LogP contribution in [-0.4, -0.2) is 31.9 Å². The summed E-state index contributed by atoms with van der Waals surface area (Å²) in [5.74, 6) is -1.03. The van der Waals surface area contributed by atoms with Crippen molar-refractivity contribution in [2.24, 2.45) is 0 Å². The number of carbonyl (C=O) groups is 1. The molecular formula is C7H11O4-. The lowest BCUT2D eigenvalue weighted by Gasteiger charge is -2.22. The summed E-state index contributed by atoms with van der Waals surface area (Å²) in [4.78, 5) is 10.0. The van der Waals surface area contributed by atoms with Gasteiger partial charge in [-0.1, -0.05) is 0 Å². The summed E-state index contributed by atoms with van der Waals surface area (Å²) in [5, 5.41) is 10.0. The molecule has 1 fully saturated rings. The van der Waals surface area contributed by atoms with Crippen LogP contribution in [0.15, 0.2) is 0 Å². The van der Waals surface area contributed by atoms with E-state index in [0.717, 1.165) is 0 Å². The number of carboxylic acid groups (broad SMARTS) is 1. The van der Waals surface area contributed by atoms with Gasteiger partial charge in [0, 0.05) is 5.97 Å². The van der Waals surface area contributed by atoms with Gasteiger partial charge in [0.25, 0.3) is 0 Å². The third-order valence-corrected chi connectivity index (χ3v) is 1.56. The molecule has 0 spiro atoms. The number of ether oxygens (including phenoxy) is 2. The zero-order valence-electron chi connectivity index (χ0n) is 6.25. The van der Waals surface area contributed by atoms with Crippen LogP contribution in [-0.2, 0) is 14.3 Å². The summed E-state index contributed by atoms with van der Waals surface area (Å²) in [7, 11) is 0. The molecule has 0 saturated carbocycles. The molecule has 4 heteroatoms. The molecule has 1 rings (SSSR count). The van der Waals surface area contributed by atoms with Crippen LogP contribution >= 0.6 is 0 Å². The lowest BCUT2D eigenvalue weighted by molar-refractivity contribution is -0.306. The monoisotopic (exact) mass is 159 g/mol. The number of hydrogen-bond donors (Lipinski definition) is 0. The van der Waals surface area contributed by atoms with Crippen molar-refractivity contribution in [1.82, 2.24) is 0 Å². The molecule has 0 unspecified atom stereocenters. The first-order valence-electron chi connectivity index (χ1n) is 3.68. The Hall–Kier alpha value is -0.610. The van der Waals surface area contributed by atoms with Crippen molar-refractivity contribution in [2.75, 3.05) is 19.8 Å². The van der Waals surface area contributed by atoms with Gasteiger partial charge in [0.15, 0.2) is 0 Å². The fraction of sp³-hybridized carbons (Fsp3) is 0.857. The zero-order chi connectivity index (χ0) is 8.10. The van der Waals surface area contributed by atoms with Crippen LogP contribution in [0.4, 0.5) is 0 Å². The smallest absolute Gasteiger partial charge is 0.0813 e. The molecule has 0 radical (unpaired) electrons. The van der Waals surface area contributed by atoms with Crippen molar-refractivity contribution in [1.29, 1.82) is 0 Å². The molecule has 1 aliphatic rings. The Morgan fingerprint density at radius 1 is 1.55 bits per heavy atom. The lowest BCUT2D eigenvalue weighted by atomic mass is 10.2. The van der Waals surface area contributed by atoms with Crippen LogP contribution in [0, 0.1) is 0 Å². The fourth-order valence-corrected chi connectivity index (χ4v) is 0.982. The Balaban J connectivity index is 2.09. The molecule has 0 N–H and O–H groups in total. The van der Waals surface area contributed by atoms with Crippen LogP contribution in [0.3, 0.4) is 0 Å². The predicted octanol–water partition coefficient (Wildman–Crippen LogP) is -1.07. The summed E-state index contributed by atoms with van der Waals surface area (Å²) in [6.07, 6.45) is 0.484. The summed E-state index contributed by atoms with van der Waals surface area (Å²) in [5.41, 5.74) is 0. The molecule has 0 aromatic heterocycles. The van der Waals surface area contributed by atoms with Gasteiger partial charge in [-0.15, -0.1) is 0 Å². The van der Waals surface area contributed by atoms with Crippen LogP contribution in [0.2, 0.25) is 0 Å². The van der Waals surface area contributed by atoms with Crippen LogP contribution < -0.4 is 5.11 Å². The minimum absolute atomic E-state index is 0.0496. The summed E-state index contributed by atoms with van der Waals surface area (Å²) >= 11 is 0. The Morgan fingerprint density at radius 2 is 2.36 bits per heavy atom. The van der Waals surface area contributed by atoms with Crippen molar-refractivity contribution >= 4 is 5.97 Å². The number of carboxylic acids is 1. The normalized spacial score (nSPS) is 24.9. The molecular weight excluding hydrogens is 148 g/mol. The zero-order valence-corrected chi connectivity index (χ0v) is 6.25. The maximum absolute atomic E-state index is 10.0. The Kier molecular flexibility index (Phi) is 3.32. The molecule has 1 aliphatic heterocycles. The molecule has 0 amide bonds. The maximum Gasteiger partial charge on any atom is 0.0813 e. The van der Waals surface area contributed by atoms with E-state index in [1.54, 1.807) is 0 Å². The molecule has 1 heterocycles. The van der Waals surface area contributed by atoms with E-state index in [0.29, 0.717) is 26.2 Å². The second-order valence-corrected chi connectivity index (χ2v) is 2.48. The highest BCUT2D eigenvalue weighted by atomic mass is 16.6. The fourth-order valence-electron chi connectivity index (χ4n) is 0.982. The first kappa shape index (κ1) is 8.49. The molecule has 1 saturated heterocycles. The quantitative estimate of drug-likeness (QED) is 0.526. The van der Waals surface area contributed by atoms with E-state index < -0.39 is 5.97 Å². The van der Waals surface area contributed by atoms with Gasteiger partial charge in [-0.25, -0.2) is 0 Å². The van der Waals surface area contributed by atoms with Gasteiger partial charge in [-0.2, -0.15) is 0 Å². The average Bonchev–Trinajstić information content (AvgIpc) is 2.03. The highest BCUT2D eigenvalue weighted by Gasteiger charge is 2.13. The van der Waals surface area contributed by atoms with Crippen molar-refractivity contribution < 1.29 is 19.4 Å². The van der Waals surface area contributed by atoms with Crippen LogP contribution in [0.25, 0.3) is 0 Å². The molecule has 0 bridgehead atoms. The third kappa shape index (κ3) is 3.34. The minimum Gasteiger partial charge on any atom is -0.550 e. The number of rotatable bonds is 3. The van der Waals surface area contributed by atoms with E-state index in [1.165, 1.54) is 0 Å². The number of hydrogen-bond acceptors (Lipinski definition) is 4. The Morgan fingerprint density at radius 3 is 2.91 bits per heavy atom. The average molecular weight is 159 g/mol. The largest absolute Gasteiger partial charge is 0.550 e. The van der Waals surface area contributed by atoms with E-state index in [4.69, 9.17) is 9.47 Å². The van der Waals surface area contributed by atoms with Gasteiger partial charge in [0.1, 0.15) is 0 Å². The minimum atomic E-state index is -1.03. The lowest BCUT2D eigenvalue weighted by Crippen LogP contribution is -2.31. The molecule has 64 valence electrons. The van der Waals surface area contributed by atoms with E-state index in [9.17, 15) is 9.90 Å². The van der Waals surface area contributed by atoms with Crippen LogP contribution in [0.1, 0.15) is 12.8 Å². The van der Waals surface area contributed by atoms with Gasteiger partial charge < -0.3 is 19.4 Å². The summed E-state index contributed by atoms with van der Waals surface area (Å²) in [6.45, 7) is 1.69. The molecule has 4 nitrogen and oxygen atoms in total. The van der Waals surface area contributed by atoms with Gasteiger partial charge in [0.2, 0.25) is 0 Å². The Bertz CT molecular complexity index is 128. The SMILES string of the molecule is O=C([O-])CC[C@@H]1COCCO1. The summed E-state index contributed by atoms with van der Waals surface area (Å²) < 4.78 is 10.3. The highest BCUT2D eigenvalue weighted by molar-refractivity contribution is 5.64. The van der Waals surface area contributed by atoms with Gasteiger partial charge in [0.05, 0.1) is 25.9 Å². The van der Waals surface area contributed by atoms with Crippen molar-refractivity contribution in [3.8, 4) is 0 Å². The van der Waals surface area contributed by atoms with Crippen molar-refractivity contribution in [2.45, 2.75) is 18.9 Å². The molecule has 1 atom stereocenters. The molecule has 0 aromatic carbocycles. The first-order chi connectivity index (χ1) is 5.29. The molecule has 11 heavy (non-hydrogen) atoms. The van der Waals surface area contributed by atoms with Gasteiger partial charge in [-0.3, -0.25) is 0 Å². The van der Waals surface area contributed by atoms with E-state index in [2.05, 4.69) is 0 Å². The highest BCUT2D eigenvalue weighted by Crippen LogP contribution is 2.06. The van der Waals surface area contributed by atoms with E-state index in [1.807, 2.05) is 0 Å². The second-order valence-electron chi connectivity index (χ2n) is 2.48. The summed E-state index contributed by atoms with van der Waals surface area (Å²) in [6, 6.07) is 0. The maximum atomic E-state index is 10.0. The third-order valence-electron chi connectivity index (χ3n) is 1.56. The molecule has 0 aliphatic carbocycles. The topological polar surface area (TPSA) is 58.6 Å². The predicted molar refractivity (Wildman–Crippen MR) is 34.8 cm³/mol. The Labute approximate surface area is 65.1 Å². The first-order valence-corrected chi connectivity index (χ1v) is 3.68. The second kappa shape index (κ2) is 4.31. The molecule has 0 aromatic rings. The van der Waals surface area contributed by atoms with E-state index in [-0.39, 0.29) is 12.5 Å². The number of aliphatic carboxylic acids is 1. The van der Waals surface area contributed by atoms with Gasteiger partial charge in [-0.05, 0) is 12.8 Å². The van der Waals surface area contributed by atoms with Crippen LogP contribution in [0.5, 0.6) is 0 Å². The van der Waals surface area contributed by atoms with Gasteiger partial charge >= 0.3 is 0 Å². The van der Waals surface area contributed by atoms with Crippen molar-refractivity contribution in [3.05, 3.63) is 0 Å².